The normalized spacial score (nSPS) is 20.6. The van der Waals surface area contributed by atoms with E-state index in [1.807, 2.05) is 76.2 Å². The quantitative estimate of drug-likeness (QED) is 0.373. The molecule has 0 fully saturated rings. The van der Waals surface area contributed by atoms with Crippen molar-refractivity contribution in [3.63, 3.8) is 0 Å². The van der Waals surface area contributed by atoms with Crippen molar-refractivity contribution in [1.29, 1.82) is 0 Å². The Balaban J connectivity index is 1.70. The maximum atomic E-state index is 14.1. The van der Waals surface area contributed by atoms with Gasteiger partial charge >= 0.3 is 5.97 Å². The number of ether oxygens (including phenoxy) is 3. The summed E-state index contributed by atoms with van der Waals surface area (Å²) in [5.41, 5.74) is 0.519. The molecule has 4 rings (SSSR count). The Morgan fingerprint density at radius 1 is 1.16 bits per heavy atom. The van der Waals surface area contributed by atoms with Crippen molar-refractivity contribution in [2.45, 2.75) is 70.6 Å². The highest BCUT2D eigenvalue weighted by Gasteiger charge is 2.58. The van der Waals surface area contributed by atoms with Crippen LogP contribution in [0, 0.1) is 0 Å². The van der Waals surface area contributed by atoms with Crippen LogP contribution in [0.5, 0.6) is 5.75 Å². The number of carbonyl (C=O) groups excluding carboxylic acids is 2. The minimum absolute atomic E-state index is 0.0411. The molecule has 0 aliphatic carbocycles. The third kappa shape index (κ3) is 5.64. The molecule has 0 saturated heterocycles. The number of hydrogen-bond donors (Lipinski definition) is 1. The second kappa shape index (κ2) is 10.9. The number of aliphatic hydroxyl groups excluding tert-OH is 1. The van der Waals surface area contributed by atoms with E-state index in [-0.39, 0.29) is 31.3 Å². The molecule has 2 aromatic carbocycles. The van der Waals surface area contributed by atoms with Crippen LogP contribution in [-0.4, -0.2) is 53.8 Å². The molecule has 8 nitrogen and oxygen atoms in total. The SMILES string of the molecule is CCCN1C(=O)[C@@]2(CCC(=O)OC(C)(C)C)N=C(c3ccc(OCCCO)cc3)O[C@H]2c2ccccc21. The number of aliphatic imine (C=N–C) groups is 1. The molecule has 1 N–H and O–H groups in total. The fourth-order valence-corrected chi connectivity index (χ4v) is 4.76. The van der Waals surface area contributed by atoms with Crippen molar-refractivity contribution in [3.8, 4) is 5.75 Å². The van der Waals surface area contributed by atoms with E-state index in [1.54, 1.807) is 4.90 Å². The largest absolute Gasteiger partial charge is 0.494 e. The summed E-state index contributed by atoms with van der Waals surface area (Å²) in [7, 11) is 0. The van der Waals surface area contributed by atoms with Crippen LogP contribution in [0.25, 0.3) is 0 Å². The Kier molecular flexibility index (Phi) is 7.87. The van der Waals surface area contributed by atoms with Crippen LogP contribution < -0.4 is 9.64 Å². The van der Waals surface area contributed by atoms with Gasteiger partial charge in [0.25, 0.3) is 5.91 Å². The van der Waals surface area contributed by atoms with E-state index in [9.17, 15) is 9.59 Å². The molecule has 0 bridgehead atoms. The highest BCUT2D eigenvalue weighted by atomic mass is 16.6. The molecule has 2 atom stereocenters. The lowest BCUT2D eigenvalue weighted by atomic mass is 9.79. The molecular weight excluding hydrogens is 472 g/mol. The standard InChI is InChI=1S/C29H36N2O6/c1-5-17-31-23-10-7-6-9-22(23)25-29(27(31)34,16-15-24(33)37-28(2,3)4)30-26(36-25)20-11-13-21(14-12-20)35-19-8-18-32/h6-7,9-14,25,32H,5,8,15-19H2,1-4H3/t25-,29-/m0/s1. The lowest BCUT2D eigenvalue weighted by molar-refractivity contribution is -0.155. The zero-order chi connectivity index (χ0) is 26.6. The van der Waals surface area contributed by atoms with Crippen molar-refractivity contribution in [2.75, 3.05) is 24.7 Å². The maximum absolute atomic E-state index is 14.1. The number of nitrogens with zero attached hydrogens (tertiary/aromatic N) is 2. The van der Waals surface area contributed by atoms with E-state index in [4.69, 9.17) is 24.3 Å². The summed E-state index contributed by atoms with van der Waals surface area (Å²) in [4.78, 5) is 33.5. The number of carbonyl (C=O) groups is 2. The second-order valence-electron chi connectivity index (χ2n) is 10.4. The molecule has 0 unspecified atom stereocenters. The molecule has 0 saturated carbocycles. The van der Waals surface area contributed by atoms with Crippen LogP contribution in [0.15, 0.2) is 53.5 Å². The highest BCUT2D eigenvalue weighted by molar-refractivity contribution is 6.09. The van der Waals surface area contributed by atoms with Crippen molar-refractivity contribution >= 4 is 23.5 Å². The Bertz CT molecular complexity index is 1150. The Labute approximate surface area is 218 Å². The first-order valence-corrected chi connectivity index (χ1v) is 12.9. The first-order valence-electron chi connectivity index (χ1n) is 12.9. The molecule has 2 aromatic rings. The van der Waals surface area contributed by atoms with E-state index >= 15 is 0 Å². The number of esters is 1. The lowest BCUT2D eigenvalue weighted by Gasteiger charge is -2.41. The van der Waals surface area contributed by atoms with Gasteiger partial charge in [-0.1, -0.05) is 25.1 Å². The van der Waals surface area contributed by atoms with Gasteiger partial charge in [-0.3, -0.25) is 9.59 Å². The van der Waals surface area contributed by atoms with Crippen molar-refractivity contribution in [2.24, 2.45) is 4.99 Å². The minimum Gasteiger partial charge on any atom is -0.494 e. The zero-order valence-electron chi connectivity index (χ0n) is 22.0. The number of aliphatic hydroxyl groups is 1. The third-order valence-corrected chi connectivity index (χ3v) is 6.34. The fraction of sp³-hybridized carbons (Fsp3) is 0.483. The van der Waals surface area contributed by atoms with E-state index in [2.05, 4.69) is 0 Å². The van der Waals surface area contributed by atoms with E-state index < -0.39 is 17.2 Å². The Morgan fingerprint density at radius 2 is 1.89 bits per heavy atom. The van der Waals surface area contributed by atoms with Crippen LogP contribution in [0.1, 0.15) is 70.6 Å². The minimum atomic E-state index is -1.27. The number of benzene rings is 2. The van der Waals surface area contributed by atoms with Gasteiger partial charge in [0.1, 0.15) is 11.4 Å². The van der Waals surface area contributed by atoms with Crippen molar-refractivity contribution in [1.82, 2.24) is 0 Å². The number of rotatable bonds is 10. The molecule has 0 aromatic heterocycles. The van der Waals surface area contributed by atoms with E-state index in [1.165, 1.54) is 0 Å². The summed E-state index contributed by atoms with van der Waals surface area (Å²) in [6.45, 7) is 8.53. The van der Waals surface area contributed by atoms with Crippen molar-refractivity contribution < 1.29 is 28.9 Å². The number of anilines is 1. The molecular formula is C29H36N2O6. The smallest absolute Gasteiger partial charge is 0.306 e. The molecule has 0 spiro atoms. The molecule has 37 heavy (non-hydrogen) atoms. The van der Waals surface area contributed by atoms with Gasteiger partial charge in [0.2, 0.25) is 5.90 Å². The molecule has 2 aliphatic heterocycles. The van der Waals surface area contributed by atoms with Crippen LogP contribution in [-0.2, 0) is 19.1 Å². The van der Waals surface area contributed by atoms with Gasteiger partial charge in [0, 0.05) is 37.1 Å². The van der Waals surface area contributed by atoms with Gasteiger partial charge in [-0.15, -0.1) is 0 Å². The number of hydrogen-bond acceptors (Lipinski definition) is 7. The van der Waals surface area contributed by atoms with Crippen LogP contribution in [0.3, 0.4) is 0 Å². The Morgan fingerprint density at radius 3 is 2.57 bits per heavy atom. The van der Waals surface area contributed by atoms with Gasteiger partial charge in [-0.05, 0) is 63.9 Å². The van der Waals surface area contributed by atoms with Crippen LogP contribution in [0.2, 0.25) is 0 Å². The van der Waals surface area contributed by atoms with Crippen LogP contribution in [0.4, 0.5) is 5.69 Å². The molecule has 1 amide bonds. The van der Waals surface area contributed by atoms with Gasteiger partial charge in [-0.25, -0.2) is 4.99 Å². The fourth-order valence-electron chi connectivity index (χ4n) is 4.76. The monoisotopic (exact) mass is 508 g/mol. The molecule has 198 valence electrons. The number of fused-ring (bicyclic) bond motifs is 3. The van der Waals surface area contributed by atoms with Crippen molar-refractivity contribution in [3.05, 3.63) is 59.7 Å². The summed E-state index contributed by atoms with van der Waals surface area (Å²) >= 11 is 0. The second-order valence-corrected chi connectivity index (χ2v) is 10.4. The predicted octanol–water partition coefficient (Wildman–Crippen LogP) is 4.58. The third-order valence-electron chi connectivity index (χ3n) is 6.34. The van der Waals surface area contributed by atoms with Gasteiger partial charge < -0.3 is 24.2 Å². The first kappa shape index (κ1) is 26.7. The highest BCUT2D eigenvalue weighted by Crippen LogP contribution is 2.50. The van der Waals surface area contributed by atoms with Crippen LogP contribution >= 0.6 is 0 Å². The number of amides is 1. The predicted molar refractivity (Wildman–Crippen MR) is 141 cm³/mol. The summed E-state index contributed by atoms with van der Waals surface area (Å²) < 4.78 is 17.6. The summed E-state index contributed by atoms with van der Waals surface area (Å²) in [6.07, 6.45) is 0.893. The average molecular weight is 509 g/mol. The summed E-state index contributed by atoms with van der Waals surface area (Å²) in [5.74, 6) is 0.490. The summed E-state index contributed by atoms with van der Waals surface area (Å²) in [5, 5.41) is 8.96. The zero-order valence-corrected chi connectivity index (χ0v) is 22.0. The molecule has 0 radical (unpaired) electrons. The maximum Gasteiger partial charge on any atom is 0.306 e. The van der Waals surface area contributed by atoms with Gasteiger partial charge in [0.05, 0.1) is 12.3 Å². The number of para-hydroxylation sites is 1. The lowest BCUT2D eigenvalue weighted by Crippen LogP contribution is -2.54. The van der Waals surface area contributed by atoms with E-state index in [0.29, 0.717) is 36.8 Å². The molecule has 8 heteroatoms. The summed E-state index contributed by atoms with van der Waals surface area (Å²) in [6, 6.07) is 15.0. The molecule has 2 aliphatic rings. The topological polar surface area (TPSA) is 97.7 Å². The van der Waals surface area contributed by atoms with Gasteiger partial charge in [-0.2, -0.15) is 0 Å². The van der Waals surface area contributed by atoms with E-state index in [0.717, 1.165) is 17.7 Å². The Hall–Kier alpha value is -3.39. The van der Waals surface area contributed by atoms with Gasteiger partial charge in [0.15, 0.2) is 11.6 Å². The molecule has 2 heterocycles. The average Bonchev–Trinajstić information content (AvgIpc) is 3.26. The first-order chi connectivity index (χ1) is 17.7.